The predicted molar refractivity (Wildman–Crippen MR) is 79.2 cm³/mol. The van der Waals surface area contributed by atoms with Crippen LogP contribution < -0.4 is 11.1 Å². The molecule has 19 heavy (non-hydrogen) atoms. The average molecular weight is 277 g/mol. The minimum absolute atomic E-state index is 0.300. The summed E-state index contributed by atoms with van der Waals surface area (Å²) in [6.45, 7) is 2.44. The molecule has 3 heterocycles. The molecule has 2 aliphatic rings. The van der Waals surface area contributed by atoms with Crippen LogP contribution in [0.1, 0.15) is 31.4 Å². The highest BCUT2D eigenvalue weighted by atomic mass is 32.1. The summed E-state index contributed by atoms with van der Waals surface area (Å²) < 4.78 is 0. The van der Waals surface area contributed by atoms with Gasteiger partial charge in [0, 0.05) is 31.0 Å². The van der Waals surface area contributed by atoms with Gasteiger partial charge in [0.05, 0.1) is 0 Å². The Morgan fingerprint density at radius 1 is 1.32 bits per heavy atom. The SMILES string of the molecule is NC(=S)c1nccnc1NC1CCN2CCCC2C1. The average Bonchev–Trinajstić information content (AvgIpc) is 2.86. The van der Waals surface area contributed by atoms with E-state index in [1.807, 2.05) is 0 Å². The van der Waals surface area contributed by atoms with Crippen LogP contribution in [0.4, 0.5) is 5.82 Å². The summed E-state index contributed by atoms with van der Waals surface area (Å²) in [6.07, 6.45) is 8.27. The minimum atomic E-state index is 0.300. The Morgan fingerprint density at radius 3 is 3.00 bits per heavy atom. The zero-order valence-corrected chi connectivity index (χ0v) is 11.7. The second-order valence-electron chi connectivity index (χ2n) is 5.32. The summed E-state index contributed by atoms with van der Waals surface area (Å²) in [4.78, 5) is 11.4. The Morgan fingerprint density at radius 2 is 2.16 bits per heavy atom. The van der Waals surface area contributed by atoms with E-state index in [-0.39, 0.29) is 0 Å². The van der Waals surface area contributed by atoms with Crippen molar-refractivity contribution in [2.45, 2.75) is 37.8 Å². The van der Waals surface area contributed by atoms with Crippen molar-refractivity contribution in [3.8, 4) is 0 Å². The number of hydrogen-bond donors (Lipinski definition) is 2. The van der Waals surface area contributed by atoms with Crippen LogP contribution in [0.25, 0.3) is 0 Å². The van der Waals surface area contributed by atoms with Gasteiger partial charge >= 0.3 is 0 Å². The number of anilines is 1. The second kappa shape index (κ2) is 5.38. The third-order valence-electron chi connectivity index (χ3n) is 4.09. The van der Waals surface area contributed by atoms with Crippen molar-refractivity contribution in [3.63, 3.8) is 0 Å². The molecular weight excluding hydrogens is 258 g/mol. The van der Waals surface area contributed by atoms with E-state index in [4.69, 9.17) is 18.0 Å². The number of hydrogen-bond acceptors (Lipinski definition) is 5. The van der Waals surface area contributed by atoms with Gasteiger partial charge < -0.3 is 16.0 Å². The molecule has 0 aliphatic carbocycles. The number of thiocarbonyl (C=S) groups is 1. The summed E-state index contributed by atoms with van der Waals surface area (Å²) >= 11 is 5.02. The lowest BCUT2D eigenvalue weighted by molar-refractivity contribution is 0.188. The lowest BCUT2D eigenvalue weighted by Crippen LogP contribution is -2.43. The lowest BCUT2D eigenvalue weighted by atomic mass is 9.97. The van der Waals surface area contributed by atoms with Crippen molar-refractivity contribution in [3.05, 3.63) is 18.1 Å². The Kier molecular flexibility index (Phi) is 3.61. The van der Waals surface area contributed by atoms with Gasteiger partial charge in [-0.3, -0.25) is 0 Å². The van der Waals surface area contributed by atoms with Gasteiger partial charge in [-0.15, -0.1) is 0 Å². The Labute approximate surface area is 118 Å². The van der Waals surface area contributed by atoms with Crippen LogP contribution in [-0.4, -0.2) is 45.0 Å². The van der Waals surface area contributed by atoms with Crippen LogP contribution in [0.2, 0.25) is 0 Å². The molecule has 2 atom stereocenters. The quantitative estimate of drug-likeness (QED) is 0.808. The van der Waals surface area contributed by atoms with Gasteiger partial charge in [0.25, 0.3) is 0 Å². The van der Waals surface area contributed by atoms with E-state index in [0.29, 0.717) is 16.7 Å². The van der Waals surface area contributed by atoms with E-state index in [0.717, 1.165) is 18.3 Å². The first kappa shape index (κ1) is 12.7. The summed E-state index contributed by atoms with van der Waals surface area (Å²) in [5.41, 5.74) is 6.29. The van der Waals surface area contributed by atoms with Crippen LogP contribution in [0.15, 0.2) is 12.4 Å². The fourth-order valence-corrected chi connectivity index (χ4v) is 3.32. The first-order valence-electron chi connectivity index (χ1n) is 6.85. The largest absolute Gasteiger partial charge is 0.388 e. The third-order valence-corrected chi connectivity index (χ3v) is 4.29. The van der Waals surface area contributed by atoms with E-state index >= 15 is 0 Å². The lowest BCUT2D eigenvalue weighted by Gasteiger charge is -2.35. The molecule has 0 radical (unpaired) electrons. The fraction of sp³-hybridized carbons (Fsp3) is 0.615. The van der Waals surface area contributed by atoms with Gasteiger partial charge in [-0.05, 0) is 32.2 Å². The molecule has 5 nitrogen and oxygen atoms in total. The van der Waals surface area contributed by atoms with E-state index in [2.05, 4.69) is 20.2 Å². The molecule has 2 saturated heterocycles. The standard InChI is InChI=1S/C13H19N5S/c14-12(19)11-13(16-5-4-15-11)17-9-3-7-18-6-1-2-10(18)8-9/h4-5,9-10H,1-3,6-8H2,(H2,14,19)(H,16,17). The van der Waals surface area contributed by atoms with E-state index in [1.165, 1.54) is 32.4 Å². The Hall–Kier alpha value is -1.27. The van der Waals surface area contributed by atoms with Crippen LogP contribution in [-0.2, 0) is 0 Å². The Bertz CT molecular complexity index is 478. The fourth-order valence-electron chi connectivity index (χ4n) is 3.17. The monoisotopic (exact) mass is 277 g/mol. The molecule has 102 valence electrons. The molecule has 2 aliphatic heterocycles. The van der Waals surface area contributed by atoms with Gasteiger partial charge in [0.1, 0.15) is 10.7 Å². The first-order valence-corrected chi connectivity index (χ1v) is 7.26. The van der Waals surface area contributed by atoms with E-state index in [9.17, 15) is 0 Å². The summed E-state index contributed by atoms with van der Waals surface area (Å²) in [7, 11) is 0. The molecule has 2 fully saturated rings. The summed E-state index contributed by atoms with van der Waals surface area (Å²) in [5, 5.41) is 3.48. The van der Waals surface area contributed by atoms with Crippen LogP contribution in [0.5, 0.6) is 0 Å². The topological polar surface area (TPSA) is 67.1 Å². The van der Waals surface area contributed by atoms with Crippen molar-refractivity contribution < 1.29 is 0 Å². The molecule has 0 amide bonds. The molecular formula is C13H19N5S. The highest BCUT2D eigenvalue weighted by molar-refractivity contribution is 7.80. The van der Waals surface area contributed by atoms with Gasteiger partial charge in [0.15, 0.2) is 5.82 Å². The normalized spacial score (nSPS) is 26.9. The number of piperidine rings is 1. The molecule has 3 N–H and O–H groups in total. The predicted octanol–water partition coefficient (Wildman–Crippen LogP) is 1.15. The van der Waals surface area contributed by atoms with Crippen molar-refractivity contribution in [2.75, 3.05) is 18.4 Å². The maximum absolute atomic E-state index is 5.69. The van der Waals surface area contributed by atoms with Crippen molar-refractivity contribution in [1.82, 2.24) is 14.9 Å². The highest BCUT2D eigenvalue weighted by Crippen LogP contribution is 2.28. The Balaban J connectivity index is 1.70. The molecule has 0 spiro atoms. The molecule has 0 aromatic carbocycles. The number of nitrogens with zero attached hydrogens (tertiary/aromatic N) is 3. The van der Waals surface area contributed by atoms with E-state index < -0.39 is 0 Å². The maximum Gasteiger partial charge on any atom is 0.155 e. The molecule has 6 heteroatoms. The van der Waals surface area contributed by atoms with Crippen LogP contribution in [0.3, 0.4) is 0 Å². The van der Waals surface area contributed by atoms with Gasteiger partial charge in [-0.2, -0.15) is 0 Å². The summed E-state index contributed by atoms with van der Waals surface area (Å²) in [6, 6.07) is 1.18. The number of fused-ring (bicyclic) bond motifs is 1. The zero-order valence-electron chi connectivity index (χ0n) is 10.9. The highest BCUT2D eigenvalue weighted by Gasteiger charge is 2.32. The van der Waals surface area contributed by atoms with Crippen LogP contribution in [0, 0.1) is 0 Å². The van der Waals surface area contributed by atoms with E-state index in [1.54, 1.807) is 12.4 Å². The molecule has 3 rings (SSSR count). The minimum Gasteiger partial charge on any atom is -0.388 e. The van der Waals surface area contributed by atoms with Crippen molar-refractivity contribution >= 4 is 23.0 Å². The first-order chi connectivity index (χ1) is 9.24. The third kappa shape index (κ3) is 2.69. The van der Waals surface area contributed by atoms with Crippen molar-refractivity contribution in [1.29, 1.82) is 0 Å². The zero-order chi connectivity index (χ0) is 13.2. The summed E-state index contributed by atoms with van der Waals surface area (Å²) in [5.74, 6) is 0.728. The maximum atomic E-state index is 5.69. The number of rotatable bonds is 3. The second-order valence-corrected chi connectivity index (χ2v) is 5.76. The number of aromatic nitrogens is 2. The van der Waals surface area contributed by atoms with Crippen LogP contribution >= 0.6 is 12.2 Å². The van der Waals surface area contributed by atoms with Gasteiger partial charge in [0.2, 0.25) is 0 Å². The smallest absolute Gasteiger partial charge is 0.155 e. The molecule has 1 aromatic rings. The van der Waals surface area contributed by atoms with Gasteiger partial charge in [-0.1, -0.05) is 12.2 Å². The van der Waals surface area contributed by atoms with Crippen molar-refractivity contribution in [2.24, 2.45) is 5.73 Å². The molecule has 2 unspecified atom stereocenters. The number of nitrogens with one attached hydrogen (secondary N) is 1. The molecule has 0 bridgehead atoms. The molecule has 1 aromatic heterocycles. The molecule has 0 saturated carbocycles. The van der Waals surface area contributed by atoms with Gasteiger partial charge in [-0.25, -0.2) is 9.97 Å². The number of nitrogens with two attached hydrogens (primary N) is 1.